The van der Waals surface area contributed by atoms with Crippen molar-refractivity contribution in [2.24, 2.45) is 0 Å². The van der Waals surface area contributed by atoms with Crippen molar-refractivity contribution in [3.05, 3.63) is 12.7 Å². The largest absolute Gasteiger partial charge is 0.462 e. The molecule has 0 N–H and O–H groups in total. The average molecular weight is 214 g/mol. The minimum Gasteiger partial charge on any atom is -0.462 e. The Hall–Kier alpha value is -1.16. The summed E-state index contributed by atoms with van der Waals surface area (Å²) in [5.74, 6) is -0.658. The summed E-state index contributed by atoms with van der Waals surface area (Å²) in [6.07, 6.45) is 1.91. The Morgan fingerprint density at radius 1 is 1.47 bits per heavy atom. The van der Waals surface area contributed by atoms with Crippen LogP contribution in [0.1, 0.15) is 26.7 Å². The zero-order valence-corrected chi connectivity index (χ0v) is 9.32. The molecule has 0 radical (unpaired) electrons. The fourth-order valence-electron chi connectivity index (χ4n) is 0.944. The van der Waals surface area contributed by atoms with Gasteiger partial charge in [0.25, 0.3) is 0 Å². The van der Waals surface area contributed by atoms with Gasteiger partial charge in [0.2, 0.25) is 0 Å². The smallest absolute Gasteiger partial charge is 0.313 e. The van der Waals surface area contributed by atoms with Crippen molar-refractivity contribution < 1.29 is 19.1 Å². The Kier molecular flexibility index (Phi) is 7.54. The molecular formula is C11H18O4. The molecule has 0 spiro atoms. The lowest BCUT2D eigenvalue weighted by Gasteiger charge is -2.12. The summed E-state index contributed by atoms with van der Waals surface area (Å²) < 4.78 is 10.1. The van der Waals surface area contributed by atoms with Gasteiger partial charge in [-0.25, -0.2) is 0 Å². The number of carbonyl (C=O) groups is 2. The van der Waals surface area contributed by atoms with Gasteiger partial charge < -0.3 is 9.47 Å². The van der Waals surface area contributed by atoms with Crippen molar-refractivity contribution in [1.29, 1.82) is 0 Å². The number of ether oxygens (including phenoxy) is 2. The van der Waals surface area contributed by atoms with E-state index in [1.54, 1.807) is 13.0 Å². The summed E-state index contributed by atoms with van der Waals surface area (Å²) in [5.41, 5.74) is 0. The van der Waals surface area contributed by atoms with Crippen LogP contribution in [0.2, 0.25) is 0 Å². The summed E-state index contributed by atoms with van der Waals surface area (Å²) in [4.78, 5) is 21.7. The van der Waals surface area contributed by atoms with Gasteiger partial charge >= 0.3 is 5.97 Å². The van der Waals surface area contributed by atoms with Gasteiger partial charge in [0.05, 0.1) is 13.2 Å². The van der Waals surface area contributed by atoms with Crippen LogP contribution in [0.4, 0.5) is 0 Å². The fraction of sp³-hybridized carbons (Fsp3) is 0.636. The van der Waals surface area contributed by atoms with Crippen molar-refractivity contribution in [2.75, 3.05) is 13.2 Å². The molecule has 15 heavy (non-hydrogen) atoms. The Morgan fingerprint density at radius 3 is 2.67 bits per heavy atom. The molecule has 86 valence electrons. The Morgan fingerprint density at radius 2 is 2.13 bits per heavy atom. The van der Waals surface area contributed by atoms with Gasteiger partial charge in [-0.3, -0.25) is 9.59 Å². The summed E-state index contributed by atoms with van der Waals surface area (Å²) in [7, 11) is 0. The first-order chi connectivity index (χ1) is 7.06. The number of Topliss-reactive ketones (excluding diaryl/α,β-unsaturated/α-hetero) is 1. The number of carbonyl (C=O) groups excluding carboxylic acids is 2. The molecule has 0 rings (SSSR count). The molecule has 0 heterocycles. The first-order valence-corrected chi connectivity index (χ1v) is 4.93. The molecule has 0 aliphatic heterocycles. The fourth-order valence-corrected chi connectivity index (χ4v) is 0.944. The quantitative estimate of drug-likeness (QED) is 0.266. The standard InChI is InChI=1S/C11H18O4/c1-4-6-14-7-5-10(3)15-11(13)8-9(2)12/h4,10H,1,5-8H2,2-3H3. The van der Waals surface area contributed by atoms with Gasteiger partial charge in [-0.2, -0.15) is 0 Å². The normalized spacial score (nSPS) is 11.9. The summed E-state index contributed by atoms with van der Waals surface area (Å²) in [6, 6.07) is 0. The molecule has 0 aromatic carbocycles. The molecule has 1 atom stereocenters. The third-order valence-corrected chi connectivity index (χ3v) is 1.63. The topological polar surface area (TPSA) is 52.6 Å². The van der Waals surface area contributed by atoms with Crippen molar-refractivity contribution in [3.63, 3.8) is 0 Å². The van der Waals surface area contributed by atoms with Crippen LogP contribution in [0.15, 0.2) is 12.7 Å². The lowest BCUT2D eigenvalue weighted by Crippen LogP contribution is -2.18. The second-order valence-corrected chi connectivity index (χ2v) is 3.33. The number of hydrogen-bond donors (Lipinski definition) is 0. The Bertz CT molecular complexity index is 223. The minimum atomic E-state index is -0.473. The predicted octanol–water partition coefficient (Wildman–Crippen LogP) is 1.49. The van der Waals surface area contributed by atoms with E-state index in [0.717, 1.165) is 0 Å². The van der Waals surface area contributed by atoms with E-state index >= 15 is 0 Å². The van der Waals surface area contributed by atoms with Crippen LogP contribution < -0.4 is 0 Å². The first kappa shape index (κ1) is 13.8. The van der Waals surface area contributed by atoms with E-state index in [0.29, 0.717) is 19.6 Å². The summed E-state index contributed by atoms with van der Waals surface area (Å²) in [6.45, 7) is 7.65. The number of rotatable bonds is 8. The van der Waals surface area contributed by atoms with Crippen LogP contribution in [-0.2, 0) is 19.1 Å². The Labute approximate surface area is 90.2 Å². The van der Waals surface area contributed by atoms with Crippen LogP contribution in [-0.4, -0.2) is 31.1 Å². The van der Waals surface area contributed by atoms with Crippen LogP contribution in [0.3, 0.4) is 0 Å². The molecule has 0 aliphatic rings. The van der Waals surface area contributed by atoms with E-state index in [1.165, 1.54) is 6.92 Å². The molecule has 1 unspecified atom stereocenters. The van der Waals surface area contributed by atoms with Gasteiger partial charge in [0.1, 0.15) is 18.3 Å². The highest BCUT2D eigenvalue weighted by molar-refractivity contribution is 5.94. The first-order valence-electron chi connectivity index (χ1n) is 4.93. The lowest BCUT2D eigenvalue weighted by molar-refractivity contribution is -0.150. The molecule has 0 saturated heterocycles. The minimum absolute atomic E-state index is 0.155. The van der Waals surface area contributed by atoms with E-state index in [-0.39, 0.29) is 18.3 Å². The maximum Gasteiger partial charge on any atom is 0.313 e. The van der Waals surface area contributed by atoms with Gasteiger partial charge in [0, 0.05) is 6.42 Å². The molecule has 0 aromatic rings. The maximum atomic E-state index is 11.1. The molecule has 4 heteroatoms. The number of ketones is 1. The van der Waals surface area contributed by atoms with E-state index in [1.807, 2.05) is 0 Å². The third-order valence-electron chi connectivity index (χ3n) is 1.63. The van der Waals surface area contributed by atoms with Crippen LogP contribution in [0.5, 0.6) is 0 Å². The highest BCUT2D eigenvalue weighted by atomic mass is 16.5. The van der Waals surface area contributed by atoms with Gasteiger partial charge in [0.15, 0.2) is 0 Å². The van der Waals surface area contributed by atoms with Gasteiger partial charge in [-0.05, 0) is 13.8 Å². The van der Waals surface area contributed by atoms with Gasteiger partial charge in [-0.15, -0.1) is 6.58 Å². The molecule has 0 bridgehead atoms. The highest BCUT2D eigenvalue weighted by Crippen LogP contribution is 2.00. The molecule has 0 aliphatic carbocycles. The summed E-state index contributed by atoms with van der Waals surface area (Å²) in [5, 5.41) is 0. The Balaban J connectivity index is 3.54. The molecule has 0 saturated carbocycles. The monoisotopic (exact) mass is 214 g/mol. The zero-order chi connectivity index (χ0) is 11.7. The predicted molar refractivity (Wildman–Crippen MR) is 56.5 cm³/mol. The molecule has 0 amide bonds. The van der Waals surface area contributed by atoms with Crippen LogP contribution >= 0.6 is 0 Å². The molecule has 0 fully saturated rings. The van der Waals surface area contributed by atoms with Crippen molar-refractivity contribution in [2.45, 2.75) is 32.8 Å². The highest BCUT2D eigenvalue weighted by Gasteiger charge is 2.11. The van der Waals surface area contributed by atoms with Crippen LogP contribution in [0.25, 0.3) is 0 Å². The second-order valence-electron chi connectivity index (χ2n) is 3.33. The van der Waals surface area contributed by atoms with Crippen molar-refractivity contribution in [3.8, 4) is 0 Å². The van der Waals surface area contributed by atoms with Gasteiger partial charge in [-0.1, -0.05) is 6.08 Å². The molecule has 0 aromatic heterocycles. The third kappa shape index (κ3) is 9.15. The lowest BCUT2D eigenvalue weighted by atomic mass is 10.3. The van der Waals surface area contributed by atoms with E-state index in [2.05, 4.69) is 6.58 Å². The second kappa shape index (κ2) is 8.17. The zero-order valence-electron chi connectivity index (χ0n) is 9.32. The summed E-state index contributed by atoms with van der Waals surface area (Å²) >= 11 is 0. The average Bonchev–Trinajstić information content (AvgIpc) is 2.10. The SMILES string of the molecule is C=CCOCCC(C)OC(=O)CC(C)=O. The molecular weight excluding hydrogens is 196 g/mol. The van der Waals surface area contributed by atoms with E-state index in [4.69, 9.17) is 9.47 Å². The maximum absolute atomic E-state index is 11.1. The van der Waals surface area contributed by atoms with Crippen LogP contribution in [0, 0.1) is 0 Å². The van der Waals surface area contributed by atoms with Crippen molar-refractivity contribution >= 4 is 11.8 Å². The number of esters is 1. The van der Waals surface area contributed by atoms with E-state index in [9.17, 15) is 9.59 Å². The number of hydrogen-bond acceptors (Lipinski definition) is 4. The van der Waals surface area contributed by atoms with Crippen molar-refractivity contribution in [1.82, 2.24) is 0 Å². The molecule has 4 nitrogen and oxygen atoms in total. The van der Waals surface area contributed by atoms with E-state index < -0.39 is 5.97 Å².